The maximum Gasteiger partial charge on any atom is 0.0641 e. The van der Waals surface area contributed by atoms with Crippen molar-refractivity contribution in [3.63, 3.8) is 0 Å². The molecule has 0 radical (unpaired) electrons. The number of hydrogen-bond acceptors (Lipinski definition) is 2. The maximum absolute atomic E-state index is 6.02. The van der Waals surface area contributed by atoms with E-state index in [9.17, 15) is 0 Å². The average Bonchev–Trinajstić information content (AvgIpc) is 2.29. The van der Waals surface area contributed by atoms with Crippen LogP contribution in [-0.4, -0.2) is 7.05 Å². The Hall–Kier alpha value is -1.67. The van der Waals surface area contributed by atoms with Crippen LogP contribution in [0.2, 0.25) is 5.02 Å². The van der Waals surface area contributed by atoms with E-state index in [4.69, 9.17) is 17.3 Å². The van der Waals surface area contributed by atoms with Crippen LogP contribution in [0.5, 0.6) is 0 Å². The molecule has 0 atom stereocenters. The summed E-state index contributed by atoms with van der Waals surface area (Å²) in [5, 5.41) is 0.735. The quantitative estimate of drug-likeness (QED) is 0.812. The molecule has 0 saturated heterocycles. The molecular weight excluding hydrogens is 232 g/mol. The van der Waals surface area contributed by atoms with E-state index in [-0.39, 0.29) is 0 Å². The standard InChI is InChI=1S/C14H15ClN2/c1-10-3-8-14(13(16)9-10)17(2)12-6-4-11(15)5-7-12/h3-9H,16H2,1-2H3. The Morgan fingerprint density at radius 3 is 2.29 bits per heavy atom. The minimum Gasteiger partial charge on any atom is -0.397 e. The molecule has 2 rings (SSSR count). The van der Waals surface area contributed by atoms with Crippen LogP contribution in [-0.2, 0) is 0 Å². The third-order valence-electron chi connectivity index (χ3n) is 2.76. The van der Waals surface area contributed by atoms with Gasteiger partial charge in [0, 0.05) is 17.8 Å². The monoisotopic (exact) mass is 246 g/mol. The number of aryl methyl sites for hydroxylation is 1. The van der Waals surface area contributed by atoms with E-state index in [2.05, 4.69) is 6.07 Å². The van der Waals surface area contributed by atoms with E-state index in [0.717, 1.165) is 27.6 Å². The van der Waals surface area contributed by atoms with E-state index in [1.165, 1.54) is 0 Å². The zero-order chi connectivity index (χ0) is 12.4. The second-order valence-corrected chi connectivity index (χ2v) is 4.53. The summed E-state index contributed by atoms with van der Waals surface area (Å²) < 4.78 is 0. The molecule has 0 bridgehead atoms. The number of nitrogen functional groups attached to an aromatic ring is 1. The van der Waals surface area contributed by atoms with Gasteiger partial charge in [0.15, 0.2) is 0 Å². The maximum atomic E-state index is 6.02. The smallest absolute Gasteiger partial charge is 0.0641 e. The van der Waals surface area contributed by atoms with Crippen molar-refractivity contribution >= 4 is 28.7 Å². The van der Waals surface area contributed by atoms with Crippen molar-refractivity contribution in [1.82, 2.24) is 0 Å². The predicted molar refractivity (Wildman–Crippen MR) is 75.1 cm³/mol. The molecule has 0 spiro atoms. The lowest BCUT2D eigenvalue weighted by Gasteiger charge is -2.21. The number of hydrogen-bond donors (Lipinski definition) is 1. The average molecular weight is 247 g/mol. The van der Waals surface area contributed by atoms with Crippen molar-refractivity contribution in [3.05, 3.63) is 53.1 Å². The fourth-order valence-electron chi connectivity index (χ4n) is 1.78. The van der Waals surface area contributed by atoms with Crippen molar-refractivity contribution in [3.8, 4) is 0 Å². The van der Waals surface area contributed by atoms with Crippen LogP contribution in [0, 0.1) is 6.92 Å². The summed E-state index contributed by atoms with van der Waals surface area (Å²) in [4.78, 5) is 2.05. The lowest BCUT2D eigenvalue weighted by atomic mass is 10.1. The summed E-state index contributed by atoms with van der Waals surface area (Å²) >= 11 is 5.87. The molecule has 0 amide bonds. The summed E-state index contributed by atoms with van der Waals surface area (Å²) in [6.07, 6.45) is 0. The highest BCUT2D eigenvalue weighted by Crippen LogP contribution is 2.30. The normalized spacial score (nSPS) is 10.3. The Balaban J connectivity index is 2.36. The molecule has 2 N–H and O–H groups in total. The molecule has 0 saturated carbocycles. The van der Waals surface area contributed by atoms with E-state index < -0.39 is 0 Å². The molecule has 3 heteroatoms. The van der Waals surface area contributed by atoms with Crippen LogP contribution in [0.1, 0.15) is 5.56 Å². The Labute approximate surface area is 107 Å². The van der Waals surface area contributed by atoms with Crippen LogP contribution in [0.15, 0.2) is 42.5 Å². The Bertz CT molecular complexity index is 520. The van der Waals surface area contributed by atoms with E-state index in [1.807, 2.05) is 55.3 Å². The van der Waals surface area contributed by atoms with Gasteiger partial charge >= 0.3 is 0 Å². The van der Waals surface area contributed by atoms with Gasteiger partial charge in [0.1, 0.15) is 0 Å². The zero-order valence-electron chi connectivity index (χ0n) is 9.94. The van der Waals surface area contributed by atoms with Gasteiger partial charge in [0.05, 0.1) is 11.4 Å². The number of nitrogens with zero attached hydrogens (tertiary/aromatic N) is 1. The fourth-order valence-corrected chi connectivity index (χ4v) is 1.91. The molecule has 0 unspecified atom stereocenters. The molecule has 17 heavy (non-hydrogen) atoms. The van der Waals surface area contributed by atoms with Crippen LogP contribution >= 0.6 is 11.6 Å². The molecule has 0 aliphatic heterocycles. The van der Waals surface area contributed by atoms with E-state index in [0.29, 0.717) is 0 Å². The first-order valence-corrected chi connectivity index (χ1v) is 5.81. The molecule has 0 heterocycles. The fraction of sp³-hybridized carbons (Fsp3) is 0.143. The third kappa shape index (κ3) is 2.53. The summed E-state index contributed by atoms with van der Waals surface area (Å²) in [6.45, 7) is 2.03. The summed E-state index contributed by atoms with van der Waals surface area (Å²) in [5.41, 5.74) is 10.0. The minimum atomic E-state index is 0.735. The van der Waals surface area contributed by atoms with Crippen LogP contribution < -0.4 is 10.6 Å². The van der Waals surface area contributed by atoms with E-state index >= 15 is 0 Å². The third-order valence-corrected chi connectivity index (χ3v) is 3.01. The van der Waals surface area contributed by atoms with Gasteiger partial charge in [0.2, 0.25) is 0 Å². The molecule has 2 aromatic carbocycles. The number of anilines is 3. The Kier molecular flexibility index (Phi) is 3.25. The second kappa shape index (κ2) is 4.68. The van der Waals surface area contributed by atoms with Gasteiger partial charge < -0.3 is 10.6 Å². The lowest BCUT2D eigenvalue weighted by Crippen LogP contribution is -2.11. The molecule has 0 aliphatic carbocycles. The van der Waals surface area contributed by atoms with Crippen molar-refractivity contribution in [2.75, 3.05) is 17.7 Å². The number of benzene rings is 2. The van der Waals surface area contributed by atoms with Gasteiger partial charge in [-0.15, -0.1) is 0 Å². The zero-order valence-corrected chi connectivity index (χ0v) is 10.7. The van der Waals surface area contributed by atoms with Crippen molar-refractivity contribution in [2.45, 2.75) is 6.92 Å². The highest BCUT2D eigenvalue weighted by Gasteiger charge is 2.07. The van der Waals surface area contributed by atoms with Crippen molar-refractivity contribution in [2.24, 2.45) is 0 Å². The minimum absolute atomic E-state index is 0.735. The second-order valence-electron chi connectivity index (χ2n) is 4.10. The molecule has 0 fully saturated rings. The van der Waals surface area contributed by atoms with Gasteiger partial charge in [-0.2, -0.15) is 0 Å². The summed E-state index contributed by atoms with van der Waals surface area (Å²) in [7, 11) is 1.99. The Morgan fingerprint density at radius 1 is 1.06 bits per heavy atom. The summed E-state index contributed by atoms with van der Waals surface area (Å²) in [5.74, 6) is 0. The molecule has 0 aliphatic rings. The van der Waals surface area contributed by atoms with Gasteiger partial charge in [-0.25, -0.2) is 0 Å². The predicted octanol–water partition coefficient (Wildman–Crippen LogP) is 4.00. The number of rotatable bonds is 2. The van der Waals surface area contributed by atoms with Gasteiger partial charge in [-0.3, -0.25) is 0 Å². The molecule has 88 valence electrons. The van der Waals surface area contributed by atoms with Gasteiger partial charge in [-0.05, 0) is 48.9 Å². The van der Waals surface area contributed by atoms with Crippen LogP contribution in [0.3, 0.4) is 0 Å². The van der Waals surface area contributed by atoms with Gasteiger partial charge in [-0.1, -0.05) is 17.7 Å². The SMILES string of the molecule is Cc1ccc(N(C)c2ccc(Cl)cc2)c(N)c1. The van der Waals surface area contributed by atoms with Crippen molar-refractivity contribution in [1.29, 1.82) is 0 Å². The molecular formula is C14H15ClN2. The van der Waals surface area contributed by atoms with Crippen molar-refractivity contribution < 1.29 is 0 Å². The first-order chi connectivity index (χ1) is 8.08. The van der Waals surface area contributed by atoms with E-state index in [1.54, 1.807) is 0 Å². The largest absolute Gasteiger partial charge is 0.397 e. The molecule has 2 nitrogen and oxygen atoms in total. The van der Waals surface area contributed by atoms with Crippen LogP contribution in [0.25, 0.3) is 0 Å². The topological polar surface area (TPSA) is 29.3 Å². The highest BCUT2D eigenvalue weighted by molar-refractivity contribution is 6.30. The first kappa shape index (κ1) is 11.8. The Morgan fingerprint density at radius 2 is 1.71 bits per heavy atom. The first-order valence-electron chi connectivity index (χ1n) is 5.43. The number of nitrogens with two attached hydrogens (primary N) is 1. The molecule has 0 aromatic heterocycles. The van der Waals surface area contributed by atoms with Crippen LogP contribution in [0.4, 0.5) is 17.1 Å². The number of halogens is 1. The summed E-state index contributed by atoms with van der Waals surface area (Å²) in [6, 6.07) is 13.7. The van der Waals surface area contributed by atoms with Gasteiger partial charge in [0.25, 0.3) is 0 Å². The lowest BCUT2D eigenvalue weighted by molar-refractivity contribution is 1.21. The molecule has 2 aromatic rings. The highest BCUT2D eigenvalue weighted by atomic mass is 35.5.